The van der Waals surface area contributed by atoms with E-state index < -0.39 is 0 Å². The summed E-state index contributed by atoms with van der Waals surface area (Å²) in [4.78, 5) is 15.7. The Morgan fingerprint density at radius 3 is 1.27 bits per heavy atom. The molecule has 0 amide bonds. The molecule has 0 spiro atoms. The minimum absolute atomic E-state index is 0.605. The van der Waals surface area contributed by atoms with Crippen LogP contribution in [0.4, 0.5) is 0 Å². The molecule has 10 rings (SSSR count). The molecule has 0 aliphatic rings. The van der Waals surface area contributed by atoms with Gasteiger partial charge in [0, 0.05) is 27.5 Å². The van der Waals surface area contributed by atoms with Gasteiger partial charge in [0.25, 0.3) is 0 Å². The normalized spacial score (nSPS) is 11.3. The summed E-state index contributed by atoms with van der Waals surface area (Å²) in [5.41, 5.74) is 12.8. The zero-order valence-corrected chi connectivity index (χ0v) is 29.9. The van der Waals surface area contributed by atoms with Gasteiger partial charge in [0.1, 0.15) is 0 Å². The summed E-state index contributed by atoms with van der Waals surface area (Å²) in [6.45, 7) is 0. The number of hydrogen-bond donors (Lipinski definition) is 0. The third-order valence-electron chi connectivity index (χ3n) is 10.3. The lowest BCUT2D eigenvalue weighted by Crippen LogP contribution is -2.04. The molecule has 0 N–H and O–H groups in total. The van der Waals surface area contributed by atoms with Crippen molar-refractivity contribution in [1.82, 2.24) is 19.5 Å². The largest absolute Gasteiger partial charge is 0.308 e. The quantitative estimate of drug-likeness (QED) is 0.166. The van der Waals surface area contributed by atoms with Gasteiger partial charge in [-0.2, -0.15) is 0 Å². The van der Waals surface area contributed by atoms with Crippen LogP contribution >= 0.6 is 0 Å². The second-order valence-corrected chi connectivity index (χ2v) is 13.7. The van der Waals surface area contributed by atoms with E-state index in [1.54, 1.807) is 0 Å². The number of para-hydroxylation sites is 2. The van der Waals surface area contributed by atoms with Crippen molar-refractivity contribution in [1.29, 1.82) is 0 Å². The molecule has 0 bridgehead atoms. The van der Waals surface area contributed by atoms with E-state index in [2.05, 4.69) is 199 Å². The third-order valence-corrected chi connectivity index (χ3v) is 10.3. The van der Waals surface area contributed by atoms with Gasteiger partial charge in [-0.3, -0.25) is 0 Å². The van der Waals surface area contributed by atoms with Gasteiger partial charge >= 0.3 is 0 Å². The number of aromatic nitrogens is 4. The fourth-order valence-corrected chi connectivity index (χ4v) is 7.56. The van der Waals surface area contributed by atoms with Gasteiger partial charge in [0.2, 0.25) is 0 Å². The summed E-state index contributed by atoms with van der Waals surface area (Å²) in [6.07, 6.45) is 0. The highest BCUT2D eigenvalue weighted by Crippen LogP contribution is 2.38. The summed E-state index contributed by atoms with van der Waals surface area (Å²) in [7, 11) is 0. The zero-order chi connectivity index (χ0) is 36.6. The van der Waals surface area contributed by atoms with Gasteiger partial charge < -0.3 is 4.57 Å². The molecule has 55 heavy (non-hydrogen) atoms. The number of fused-ring (bicyclic) bond motifs is 3. The molecule has 10 aromatic rings. The Morgan fingerprint density at radius 2 is 0.673 bits per heavy atom. The van der Waals surface area contributed by atoms with Crippen molar-refractivity contribution < 1.29 is 0 Å². The third kappa shape index (κ3) is 6.06. The molecule has 0 atom stereocenters. The van der Waals surface area contributed by atoms with Gasteiger partial charge in [-0.05, 0) is 63.7 Å². The fourth-order valence-electron chi connectivity index (χ4n) is 7.56. The lowest BCUT2D eigenvalue weighted by molar-refractivity contribution is 1.06. The second-order valence-electron chi connectivity index (χ2n) is 13.7. The summed E-state index contributed by atoms with van der Waals surface area (Å²) >= 11 is 0. The zero-order valence-electron chi connectivity index (χ0n) is 29.9. The van der Waals surface area contributed by atoms with Crippen molar-refractivity contribution in [3.05, 3.63) is 206 Å². The van der Waals surface area contributed by atoms with Crippen LogP contribution in [0, 0.1) is 0 Å². The lowest BCUT2D eigenvalue weighted by Gasteiger charge is -2.16. The van der Waals surface area contributed by atoms with Crippen LogP contribution in [0.2, 0.25) is 0 Å². The second kappa shape index (κ2) is 13.8. The van der Waals surface area contributed by atoms with Crippen molar-refractivity contribution in [3.63, 3.8) is 0 Å². The molecule has 4 nitrogen and oxygen atoms in total. The van der Waals surface area contributed by atoms with Crippen LogP contribution in [0.3, 0.4) is 0 Å². The number of rotatable bonds is 7. The predicted octanol–water partition coefficient (Wildman–Crippen LogP) is 13.0. The predicted molar refractivity (Wildman–Crippen MR) is 227 cm³/mol. The van der Waals surface area contributed by atoms with Crippen molar-refractivity contribution >= 4 is 21.8 Å². The molecule has 2 heterocycles. The smallest absolute Gasteiger partial charge is 0.166 e. The monoisotopic (exact) mass is 702 g/mol. The Hall–Kier alpha value is -7.43. The molecule has 2 aromatic heterocycles. The average Bonchev–Trinajstić information content (AvgIpc) is 3.61. The Kier molecular flexibility index (Phi) is 8.12. The topological polar surface area (TPSA) is 43.6 Å². The molecule has 0 saturated heterocycles. The first-order valence-corrected chi connectivity index (χ1v) is 18.5. The van der Waals surface area contributed by atoms with Crippen LogP contribution < -0.4 is 0 Å². The van der Waals surface area contributed by atoms with E-state index in [4.69, 9.17) is 15.0 Å². The standard InChI is InChI=1S/C51H34N4/c1-4-15-35(16-5-1)38-27-29-39(30-28-38)49-52-50(42-22-14-21-40(33-42)36-17-6-2-7-18-36)54-51(53-49)45-32-31-41(37-19-8-3-9-20-37)34-48(45)55-46-25-12-10-23-43(46)44-24-11-13-26-47(44)55/h1-34H. The van der Waals surface area contributed by atoms with Crippen molar-refractivity contribution in [2.24, 2.45) is 0 Å². The Labute approximate surface area is 319 Å². The molecular formula is C51H34N4. The molecule has 0 unspecified atom stereocenters. The first-order valence-electron chi connectivity index (χ1n) is 18.5. The molecule has 0 aliphatic heterocycles. The first kappa shape index (κ1) is 32.2. The lowest BCUT2D eigenvalue weighted by atomic mass is 10.0. The van der Waals surface area contributed by atoms with Crippen molar-refractivity contribution in [3.8, 4) is 73.2 Å². The van der Waals surface area contributed by atoms with E-state index in [-0.39, 0.29) is 0 Å². The van der Waals surface area contributed by atoms with Gasteiger partial charge in [-0.15, -0.1) is 0 Å². The molecule has 0 saturated carbocycles. The summed E-state index contributed by atoms with van der Waals surface area (Å²) < 4.78 is 2.36. The highest BCUT2D eigenvalue weighted by molar-refractivity contribution is 6.09. The Bertz CT molecular complexity index is 2900. The van der Waals surface area contributed by atoms with Crippen LogP contribution in [0.5, 0.6) is 0 Å². The highest BCUT2D eigenvalue weighted by Gasteiger charge is 2.20. The van der Waals surface area contributed by atoms with Crippen molar-refractivity contribution in [2.45, 2.75) is 0 Å². The minimum atomic E-state index is 0.605. The Balaban J connectivity index is 1.22. The maximum absolute atomic E-state index is 5.30. The van der Waals surface area contributed by atoms with Crippen LogP contribution in [0.1, 0.15) is 0 Å². The van der Waals surface area contributed by atoms with E-state index in [1.807, 2.05) is 12.1 Å². The number of benzene rings is 8. The first-order chi connectivity index (χ1) is 27.3. The minimum Gasteiger partial charge on any atom is -0.308 e. The van der Waals surface area contributed by atoms with E-state index in [0.717, 1.165) is 66.8 Å². The van der Waals surface area contributed by atoms with Crippen molar-refractivity contribution in [2.75, 3.05) is 0 Å². The highest BCUT2D eigenvalue weighted by atomic mass is 15.1. The van der Waals surface area contributed by atoms with Crippen LogP contribution in [0.25, 0.3) is 95.0 Å². The summed E-state index contributed by atoms with van der Waals surface area (Å²) in [6, 6.07) is 72.2. The SMILES string of the molecule is c1ccc(-c2ccc(-c3nc(-c4cccc(-c5ccccc5)c4)nc(-c4ccc(-c5ccccc5)cc4-n4c5ccccc5c5ccccc54)n3)cc2)cc1. The molecule has 4 heteroatoms. The van der Waals surface area contributed by atoms with Gasteiger partial charge in [0.15, 0.2) is 17.5 Å². The Morgan fingerprint density at radius 1 is 0.273 bits per heavy atom. The molecule has 0 aliphatic carbocycles. The van der Waals surface area contributed by atoms with E-state index in [0.29, 0.717) is 17.5 Å². The number of hydrogen-bond acceptors (Lipinski definition) is 3. The molecule has 258 valence electrons. The summed E-state index contributed by atoms with van der Waals surface area (Å²) in [5, 5.41) is 2.39. The maximum atomic E-state index is 5.30. The maximum Gasteiger partial charge on any atom is 0.166 e. The van der Waals surface area contributed by atoms with Crippen LogP contribution in [-0.4, -0.2) is 19.5 Å². The van der Waals surface area contributed by atoms with E-state index in [1.165, 1.54) is 10.8 Å². The van der Waals surface area contributed by atoms with Crippen LogP contribution in [-0.2, 0) is 0 Å². The molecule has 8 aromatic carbocycles. The average molecular weight is 703 g/mol. The molecule has 0 radical (unpaired) electrons. The van der Waals surface area contributed by atoms with Gasteiger partial charge in [0.05, 0.1) is 16.7 Å². The molecule has 0 fully saturated rings. The van der Waals surface area contributed by atoms with E-state index in [9.17, 15) is 0 Å². The van der Waals surface area contributed by atoms with E-state index >= 15 is 0 Å². The van der Waals surface area contributed by atoms with Gasteiger partial charge in [-0.25, -0.2) is 15.0 Å². The fraction of sp³-hybridized carbons (Fsp3) is 0. The summed E-state index contributed by atoms with van der Waals surface area (Å²) in [5.74, 6) is 1.84. The molecular weight excluding hydrogens is 669 g/mol. The van der Waals surface area contributed by atoms with Gasteiger partial charge in [-0.1, -0.05) is 176 Å². The van der Waals surface area contributed by atoms with Crippen LogP contribution in [0.15, 0.2) is 206 Å². The number of nitrogens with zero attached hydrogens (tertiary/aromatic N) is 4.